The molecular weight excluding hydrogens is 351 g/mol. The number of imidazole rings is 1. The number of benzene rings is 1. The second-order valence-corrected chi connectivity index (χ2v) is 7.95. The van der Waals surface area contributed by atoms with Gasteiger partial charge in [-0.05, 0) is 100 Å². The van der Waals surface area contributed by atoms with Gasteiger partial charge in [-0.2, -0.15) is 5.10 Å². The van der Waals surface area contributed by atoms with E-state index in [2.05, 4.69) is 21.5 Å². The molecule has 1 saturated heterocycles. The summed E-state index contributed by atoms with van der Waals surface area (Å²) < 4.78 is 16.8. The first-order valence-corrected chi connectivity index (χ1v) is 9.95. The third kappa shape index (κ3) is 3.59. The van der Waals surface area contributed by atoms with Crippen LogP contribution < -0.4 is 5.32 Å². The number of nitrogens with zero attached hydrogens (tertiary/aromatic N) is 3. The molecule has 28 heavy (non-hydrogen) atoms. The Balaban J connectivity index is 1.70. The van der Waals surface area contributed by atoms with Crippen LogP contribution >= 0.6 is 0 Å². The van der Waals surface area contributed by atoms with E-state index < -0.39 is 0 Å². The highest BCUT2D eigenvalue weighted by atomic mass is 19.1. The third-order valence-corrected chi connectivity index (χ3v) is 5.66. The van der Waals surface area contributed by atoms with Crippen molar-refractivity contribution < 1.29 is 4.39 Å². The van der Waals surface area contributed by atoms with Crippen molar-refractivity contribution in [3.05, 3.63) is 63.9 Å². The molecule has 4 nitrogen and oxygen atoms in total. The normalized spacial score (nSPS) is 16.1. The van der Waals surface area contributed by atoms with Gasteiger partial charge in [-0.1, -0.05) is 6.07 Å². The molecule has 0 atom stereocenters. The highest BCUT2D eigenvalue weighted by molar-refractivity contribution is 5.80. The summed E-state index contributed by atoms with van der Waals surface area (Å²) in [7, 11) is 0. The number of halogens is 1. The Kier molecular flexibility index (Phi) is 5.02. The van der Waals surface area contributed by atoms with Crippen LogP contribution in [0.1, 0.15) is 59.3 Å². The van der Waals surface area contributed by atoms with Crippen LogP contribution in [0, 0.1) is 26.6 Å². The molecule has 3 aromatic rings. The largest absolute Gasteiger partial charge is 0.317 e. The fraction of sp³-hybridized carbons (Fsp3) is 0.391. The molecule has 1 aromatic carbocycles. The van der Waals surface area contributed by atoms with E-state index >= 15 is 0 Å². The van der Waals surface area contributed by atoms with Crippen LogP contribution in [0.15, 0.2) is 24.4 Å². The molecule has 3 heterocycles. The fourth-order valence-electron chi connectivity index (χ4n) is 4.08. The van der Waals surface area contributed by atoms with Gasteiger partial charge in [-0.3, -0.25) is 0 Å². The van der Waals surface area contributed by atoms with Gasteiger partial charge in [0.25, 0.3) is 0 Å². The van der Waals surface area contributed by atoms with E-state index in [1.165, 1.54) is 0 Å². The summed E-state index contributed by atoms with van der Waals surface area (Å²) in [6, 6.07) is 5.90. The van der Waals surface area contributed by atoms with Crippen molar-refractivity contribution in [2.45, 2.75) is 46.5 Å². The van der Waals surface area contributed by atoms with Gasteiger partial charge in [0.2, 0.25) is 0 Å². The lowest BCUT2D eigenvalue weighted by Gasteiger charge is -2.23. The molecule has 1 N–H and O–H groups in total. The monoisotopic (exact) mass is 378 g/mol. The van der Waals surface area contributed by atoms with Gasteiger partial charge in [0.05, 0.1) is 17.6 Å². The molecular formula is C23H27FN4. The average molecular weight is 378 g/mol. The lowest BCUT2D eigenvalue weighted by atomic mass is 9.88. The zero-order valence-corrected chi connectivity index (χ0v) is 17.0. The quantitative estimate of drug-likeness (QED) is 0.710. The van der Waals surface area contributed by atoms with Gasteiger partial charge in [0.15, 0.2) is 5.65 Å². The minimum atomic E-state index is -0.149. The summed E-state index contributed by atoms with van der Waals surface area (Å²) in [5, 5.41) is 8.03. The standard InChI is InChI=1S/C23H27FN4/c1-14-9-19(18-5-7-25-8-6-18)12-21(24)20(14)10-15(2)22-11-16(3)23-26-17(4)13-28(23)27-22/h9-13,18,25H,5-8H2,1-4H3/b15-10+. The molecule has 1 fully saturated rings. The number of allylic oxidation sites excluding steroid dienone is 1. The van der Waals surface area contributed by atoms with Crippen LogP contribution in [0.5, 0.6) is 0 Å². The summed E-state index contributed by atoms with van der Waals surface area (Å²) in [6.45, 7) is 9.98. The van der Waals surface area contributed by atoms with E-state index in [9.17, 15) is 4.39 Å². The first-order chi connectivity index (χ1) is 13.4. The number of hydrogen-bond acceptors (Lipinski definition) is 3. The summed E-state index contributed by atoms with van der Waals surface area (Å²) in [5.74, 6) is 0.300. The van der Waals surface area contributed by atoms with E-state index in [1.807, 2.05) is 46.0 Å². The van der Waals surface area contributed by atoms with Crippen LogP contribution in [-0.4, -0.2) is 27.7 Å². The molecule has 0 amide bonds. The van der Waals surface area contributed by atoms with Crippen molar-refractivity contribution in [1.29, 1.82) is 0 Å². The fourth-order valence-corrected chi connectivity index (χ4v) is 4.08. The highest BCUT2D eigenvalue weighted by Crippen LogP contribution is 2.30. The van der Waals surface area contributed by atoms with Crippen LogP contribution in [-0.2, 0) is 0 Å². The Morgan fingerprint density at radius 2 is 1.89 bits per heavy atom. The molecule has 2 aromatic heterocycles. The molecule has 0 aliphatic carbocycles. The van der Waals surface area contributed by atoms with Gasteiger partial charge in [0, 0.05) is 5.56 Å². The van der Waals surface area contributed by atoms with Crippen molar-refractivity contribution in [3.63, 3.8) is 0 Å². The topological polar surface area (TPSA) is 42.2 Å². The van der Waals surface area contributed by atoms with Gasteiger partial charge in [-0.25, -0.2) is 13.9 Å². The Hall–Kier alpha value is -2.53. The Labute approximate surface area is 165 Å². The first kappa shape index (κ1) is 18.8. The molecule has 146 valence electrons. The molecule has 1 aliphatic rings. The molecule has 0 spiro atoms. The van der Waals surface area contributed by atoms with Crippen LogP contribution in [0.3, 0.4) is 0 Å². The van der Waals surface area contributed by atoms with Gasteiger partial charge in [-0.15, -0.1) is 0 Å². The van der Waals surface area contributed by atoms with Gasteiger partial charge in [0.1, 0.15) is 5.82 Å². The number of nitrogens with one attached hydrogen (secondary N) is 1. The van der Waals surface area contributed by atoms with Crippen molar-refractivity contribution in [3.8, 4) is 0 Å². The zero-order chi connectivity index (χ0) is 19.8. The number of fused-ring (bicyclic) bond motifs is 1. The predicted molar refractivity (Wildman–Crippen MR) is 112 cm³/mol. The number of rotatable bonds is 3. The molecule has 1 aliphatic heterocycles. The van der Waals surface area contributed by atoms with E-state index in [0.29, 0.717) is 11.5 Å². The highest BCUT2D eigenvalue weighted by Gasteiger charge is 2.18. The summed E-state index contributed by atoms with van der Waals surface area (Å²) >= 11 is 0. The first-order valence-electron chi connectivity index (χ1n) is 9.95. The summed E-state index contributed by atoms with van der Waals surface area (Å²) in [6.07, 6.45) is 5.97. The lowest BCUT2D eigenvalue weighted by molar-refractivity contribution is 0.458. The van der Waals surface area contributed by atoms with Crippen molar-refractivity contribution in [2.75, 3.05) is 13.1 Å². The van der Waals surface area contributed by atoms with Crippen molar-refractivity contribution in [2.24, 2.45) is 0 Å². The minimum Gasteiger partial charge on any atom is -0.317 e. The van der Waals surface area contributed by atoms with Crippen molar-refractivity contribution >= 4 is 17.3 Å². The molecule has 0 saturated carbocycles. The number of aryl methyl sites for hydroxylation is 3. The SMILES string of the molecule is C/C(=C\c1c(C)cc(C2CCNCC2)cc1F)c1cc(C)c2nc(C)cn2n1. The average Bonchev–Trinajstić information content (AvgIpc) is 3.06. The summed E-state index contributed by atoms with van der Waals surface area (Å²) in [5.41, 5.74) is 7.38. The second-order valence-electron chi connectivity index (χ2n) is 7.95. The van der Waals surface area contributed by atoms with Crippen molar-refractivity contribution in [1.82, 2.24) is 19.9 Å². The molecule has 5 heteroatoms. The smallest absolute Gasteiger partial charge is 0.156 e. The van der Waals surface area contributed by atoms with E-state index in [-0.39, 0.29) is 5.82 Å². The van der Waals surface area contributed by atoms with Gasteiger partial charge >= 0.3 is 0 Å². The maximum Gasteiger partial charge on any atom is 0.156 e. The second kappa shape index (κ2) is 7.47. The van der Waals surface area contributed by atoms with Crippen LogP contribution in [0.25, 0.3) is 17.3 Å². The third-order valence-electron chi connectivity index (χ3n) is 5.66. The van der Waals surface area contributed by atoms with E-state index in [4.69, 9.17) is 0 Å². The lowest BCUT2D eigenvalue weighted by Crippen LogP contribution is -2.26. The zero-order valence-electron chi connectivity index (χ0n) is 17.0. The number of piperidine rings is 1. The molecule has 0 unspecified atom stereocenters. The minimum absolute atomic E-state index is 0.149. The van der Waals surface area contributed by atoms with Gasteiger partial charge < -0.3 is 5.32 Å². The molecule has 4 rings (SSSR count). The maximum absolute atomic E-state index is 15.0. The maximum atomic E-state index is 15.0. The van der Waals surface area contributed by atoms with E-state index in [1.54, 1.807) is 10.6 Å². The van der Waals surface area contributed by atoms with Crippen LogP contribution in [0.4, 0.5) is 4.39 Å². The number of hydrogen-bond donors (Lipinski definition) is 1. The molecule has 0 bridgehead atoms. The number of aromatic nitrogens is 3. The Morgan fingerprint density at radius 1 is 1.14 bits per heavy atom. The predicted octanol–water partition coefficient (Wildman–Crippen LogP) is 4.82. The summed E-state index contributed by atoms with van der Waals surface area (Å²) in [4.78, 5) is 4.50. The Bertz CT molecular complexity index is 1030. The Morgan fingerprint density at radius 3 is 2.61 bits per heavy atom. The van der Waals surface area contributed by atoms with Crippen LogP contribution in [0.2, 0.25) is 0 Å². The van der Waals surface area contributed by atoms with E-state index in [0.717, 1.165) is 65.2 Å². The molecule has 0 radical (unpaired) electrons.